The summed E-state index contributed by atoms with van der Waals surface area (Å²) in [5.74, 6) is -3.75. The number of carboxylic acids is 3. The van der Waals surface area contributed by atoms with Gasteiger partial charge in [-0.15, -0.1) is 0 Å². The second-order valence-electron chi connectivity index (χ2n) is 3.96. The average Bonchev–Trinajstić information content (AvgIpc) is 2.63. The second kappa shape index (κ2) is 23.5. The molecule has 0 aromatic heterocycles. The molecule has 9 nitrogen and oxygen atoms in total. The summed E-state index contributed by atoms with van der Waals surface area (Å²) in [5.41, 5.74) is 0. The summed E-state index contributed by atoms with van der Waals surface area (Å²) >= 11 is 0. The lowest BCUT2D eigenvalue weighted by atomic mass is 10.4. The first-order valence-corrected chi connectivity index (χ1v) is 8.03. The molecule has 0 bridgehead atoms. The monoisotopic (exact) mass is 392 g/mol. The molecule has 0 aliphatic rings. The minimum Gasteiger partial charge on any atom is -0.478 e. The van der Waals surface area contributed by atoms with Crippen molar-refractivity contribution >= 4 is 17.9 Å². The Balaban J connectivity index is -0.000000147. The van der Waals surface area contributed by atoms with Crippen LogP contribution in [-0.2, 0) is 28.6 Å². The Labute approximate surface area is 160 Å². The van der Waals surface area contributed by atoms with Gasteiger partial charge in [0.15, 0.2) is 0 Å². The van der Waals surface area contributed by atoms with Crippen LogP contribution in [0.3, 0.4) is 0 Å². The predicted octanol–water partition coefficient (Wildman–Crippen LogP) is 2.93. The molecule has 0 heterocycles. The van der Waals surface area contributed by atoms with Crippen molar-refractivity contribution in [3.05, 3.63) is 38.0 Å². The lowest BCUT2D eigenvalue weighted by molar-refractivity contribution is -0.377. The third kappa shape index (κ3) is 31.7. The summed E-state index contributed by atoms with van der Waals surface area (Å²) in [4.78, 5) is 27.8. The second-order valence-corrected chi connectivity index (χ2v) is 3.96. The molecule has 0 aliphatic carbocycles. The highest BCUT2D eigenvalue weighted by Gasteiger charge is 2.29. The summed E-state index contributed by atoms with van der Waals surface area (Å²) in [7, 11) is 0. The maximum atomic E-state index is 9.25. The largest absolute Gasteiger partial charge is 0.478 e. The first-order chi connectivity index (χ1) is 12.6. The topological polar surface area (TPSA) is 140 Å². The zero-order valence-corrected chi connectivity index (χ0v) is 16.5. The van der Waals surface area contributed by atoms with Gasteiger partial charge >= 0.3 is 17.9 Å². The van der Waals surface area contributed by atoms with Gasteiger partial charge in [0.1, 0.15) is 0 Å². The van der Waals surface area contributed by atoms with Crippen molar-refractivity contribution in [3.8, 4) is 0 Å². The van der Waals surface area contributed by atoms with Gasteiger partial charge in [0.25, 0.3) is 5.97 Å². The molecule has 27 heavy (non-hydrogen) atoms. The Hall–Kier alpha value is -2.49. The third-order valence-electron chi connectivity index (χ3n) is 2.05. The maximum absolute atomic E-state index is 9.25. The number of aliphatic carboxylic acids is 3. The zero-order valence-electron chi connectivity index (χ0n) is 16.5. The van der Waals surface area contributed by atoms with Crippen LogP contribution in [0, 0.1) is 0 Å². The van der Waals surface area contributed by atoms with Gasteiger partial charge in [-0.1, -0.05) is 26.7 Å². The van der Waals surface area contributed by atoms with Gasteiger partial charge in [0.05, 0.1) is 0 Å². The highest BCUT2D eigenvalue weighted by Crippen LogP contribution is 2.19. The molecule has 0 radical (unpaired) electrons. The van der Waals surface area contributed by atoms with E-state index in [1.807, 2.05) is 27.7 Å². The van der Waals surface area contributed by atoms with E-state index in [9.17, 15) is 14.4 Å². The molecule has 0 spiro atoms. The van der Waals surface area contributed by atoms with Crippen LogP contribution in [0.25, 0.3) is 0 Å². The van der Waals surface area contributed by atoms with Gasteiger partial charge in [-0.3, -0.25) is 0 Å². The lowest BCUT2D eigenvalue weighted by Gasteiger charge is -2.31. The molecule has 0 aromatic rings. The normalized spacial score (nSPS) is 8.89. The Kier molecular flexibility index (Phi) is 28.0. The van der Waals surface area contributed by atoms with Crippen molar-refractivity contribution in [2.75, 3.05) is 19.8 Å². The summed E-state index contributed by atoms with van der Waals surface area (Å²) in [6.45, 7) is 18.5. The van der Waals surface area contributed by atoms with E-state index in [2.05, 4.69) is 19.7 Å². The van der Waals surface area contributed by atoms with Crippen LogP contribution < -0.4 is 0 Å². The SMILES string of the molecule is C=CC(=O)O.C=CC(=O)O.C=CC(=O)O.CCOC(CC)(OCC)OCC. The lowest BCUT2D eigenvalue weighted by Crippen LogP contribution is -2.38. The van der Waals surface area contributed by atoms with Crippen LogP contribution >= 0.6 is 0 Å². The predicted molar refractivity (Wildman–Crippen MR) is 101 cm³/mol. The highest BCUT2D eigenvalue weighted by molar-refractivity contribution is 5.79. The van der Waals surface area contributed by atoms with E-state index in [0.717, 1.165) is 18.2 Å². The fourth-order valence-electron chi connectivity index (χ4n) is 1.09. The van der Waals surface area contributed by atoms with E-state index in [1.165, 1.54) is 0 Å². The molecular weight excluding hydrogens is 360 g/mol. The van der Waals surface area contributed by atoms with E-state index < -0.39 is 23.9 Å². The number of hydrogen-bond acceptors (Lipinski definition) is 6. The Morgan fingerprint density at radius 3 is 0.963 bits per heavy atom. The number of rotatable bonds is 10. The van der Waals surface area contributed by atoms with Gasteiger partial charge in [0, 0.05) is 44.5 Å². The standard InChI is InChI=1S/C9H20O3.3C3H4O2/c1-5-9(10-6-2,11-7-3)12-8-4;3*1-2-3(4)5/h5-8H2,1-4H3;3*2H,1H2,(H,4,5). The van der Waals surface area contributed by atoms with Gasteiger partial charge in [0.2, 0.25) is 0 Å². The van der Waals surface area contributed by atoms with E-state index in [4.69, 9.17) is 29.5 Å². The average molecular weight is 392 g/mol. The first-order valence-electron chi connectivity index (χ1n) is 8.03. The van der Waals surface area contributed by atoms with Crippen molar-refractivity contribution in [1.29, 1.82) is 0 Å². The molecule has 0 saturated heterocycles. The fourth-order valence-corrected chi connectivity index (χ4v) is 1.09. The van der Waals surface area contributed by atoms with Crippen molar-refractivity contribution in [1.82, 2.24) is 0 Å². The number of carbonyl (C=O) groups is 3. The van der Waals surface area contributed by atoms with E-state index in [0.29, 0.717) is 26.2 Å². The fraction of sp³-hybridized carbons (Fsp3) is 0.500. The summed E-state index contributed by atoms with van der Waals surface area (Å²) in [5, 5.41) is 22.8. The molecule has 158 valence electrons. The number of ether oxygens (including phenoxy) is 3. The van der Waals surface area contributed by atoms with Crippen LogP contribution in [0.4, 0.5) is 0 Å². The molecular formula is C18H32O9. The first kappa shape index (κ1) is 32.2. The molecule has 9 heteroatoms. The van der Waals surface area contributed by atoms with Crippen molar-refractivity contribution in [3.63, 3.8) is 0 Å². The molecule has 0 rings (SSSR count). The highest BCUT2D eigenvalue weighted by atomic mass is 16.9. The molecule has 3 N–H and O–H groups in total. The minimum atomic E-state index is -0.981. The molecule has 0 aromatic carbocycles. The van der Waals surface area contributed by atoms with Gasteiger partial charge in [-0.2, -0.15) is 0 Å². The summed E-state index contributed by atoms with van der Waals surface area (Å²) in [6, 6.07) is 0. The molecule has 0 saturated carbocycles. The van der Waals surface area contributed by atoms with Gasteiger partial charge in [-0.05, 0) is 20.8 Å². The summed E-state index contributed by atoms with van der Waals surface area (Å²) in [6.07, 6.45) is 3.21. The van der Waals surface area contributed by atoms with E-state index in [1.54, 1.807) is 0 Å². The molecule has 0 aliphatic heterocycles. The van der Waals surface area contributed by atoms with Crippen LogP contribution in [0.5, 0.6) is 0 Å². The van der Waals surface area contributed by atoms with Crippen LogP contribution in [-0.4, -0.2) is 59.0 Å². The van der Waals surface area contributed by atoms with Crippen LogP contribution in [0.15, 0.2) is 38.0 Å². The van der Waals surface area contributed by atoms with Gasteiger partial charge < -0.3 is 29.5 Å². The molecule has 0 amide bonds. The number of carboxylic acid groups (broad SMARTS) is 3. The molecule has 0 fully saturated rings. The maximum Gasteiger partial charge on any atom is 0.327 e. The van der Waals surface area contributed by atoms with E-state index >= 15 is 0 Å². The zero-order chi connectivity index (χ0) is 22.3. The quantitative estimate of drug-likeness (QED) is 0.378. The third-order valence-corrected chi connectivity index (χ3v) is 2.05. The smallest absolute Gasteiger partial charge is 0.327 e. The minimum absolute atomic E-state index is 0.605. The van der Waals surface area contributed by atoms with Crippen molar-refractivity contribution in [2.24, 2.45) is 0 Å². The molecule has 0 unspecified atom stereocenters. The van der Waals surface area contributed by atoms with Crippen molar-refractivity contribution in [2.45, 2.75) is 40.1 Å². The van der Waals surface area contributed by atoms with Gasteiger partial charge in [-0.25, -0.2) is 14.4 Å². The number of hydrogen-bond donors (Lipinski definition) is 3. The Morgan fingerprint density at radius 1 is 0.704 bits per heavy atom. The summed E-state index contributed by atoms with van der Waals surface area (Å²) < 4.78 is 16.2. The van der Waals surface area contributed by atoms with Crippen LogP contribution in [0.2, 0.25) is 0 Å². The Bertz CT molecular complexity index is 371. The van der Waals surface area contributed by atoms with Crippen molar-refractivity contribution < 1.29 is 43.9 Å². The Morgan fingerprint density at radius 2 is 0.889 bits per heavy atom. The van der Waals surface area contributed by atoms with E-state index in [-0.39, 0.29) is 0 Å². The van der Waals surface area contributed by atoms with Crippen LogP contribution in [0.1, 0.15) is 34.1 Å². The molecule has 0 atom stereocenters.